The molecule has 1 aliphatic heterocycles. The van der Waals surface area contributed by atoms with Gasteiger partial charge in [-0.15, -0.1) is 0 Å². The largest absolute Gasteiger partial charge is 0.458 e. The molecule has 30 heavy (non-hydrogen) atoms. The van der Waals surface area contributed by atoms with Crippen molar-refractivity contribution >= 4 is 17.9 Å². The molecule has 0 radical (unpaired) electrons. The lowest BCUT2D eigenvalue weighted by molar-refractivity contribution is -0.150. The van der Waals surface area contributed by atoms with Gasteiger partial charge >= 0.3 is 17.9 Å². The molecule has 0 amide bonds. The molecule has 0 bridgehead atoms. The number of aliphatic hydroxyl groups excluding tert-OH is 2. The summed E-state index contributed by atoms with van der Waals surface area (Å²) in [7, 11) is 0. The predicted octanol–water partition coefficient (Wildman–Crippen LogP) is 1.52. The van der Waals surface area contributed by atoms with Gasteiger partial charge in [0.15, 0.2) is 6.10 Å². The van der Waals surface area contributed by atoms with E-state index in [4.69, 9.17) is 14.2 Å². The molecule has 2 N–H and O–H groups in total. The number of esters is 3. The van der Waals surface area contributed by atoms with Gasteiger partial charge in [-0.1, -0.05) is 24.3 Å². The second-order valence-electron chi connectivity index (χ2n) is 7.49. The van der Waals surface area contributed by atoms with Crippen molar-refractivity contribution in [3.63, 3.8) is 0 Å². The van der Waals surface area contributed by atoms with E-state index in [9.17, 15) is 24.6 Å². The van der Waals surface area contributed by atoms with Gasteiger partial charge in [-0.25, -0.2) is 9.59 Å². The Morgan fingerprint density at radius 2 is 1.97 bits per heavy atom. The van der Waals surface area contributed by atoms with E-state index in [1.54, 1.807) is 26.8 Å². The monoisotopic (exact) mass is 420 g/mol. The second-order valence-corrected chi connectivity index (χ2v) is 7.49. The minimum atomic E-state index is -1.14. The number of fused-ring (bicyclic) bond motifs is 1. The SMILES string of the molecule is C=C1C(=O)O[C@@H]2/C=C(/C)[C@@H](OC(C)=O)[C@H](O)/C=C(\C)C[C@@H](OC(=O)/C(=C\C)CO)[C@@H]12. The topological polar surface area (TPSA) is 119 Å². The van der Waals surface area contributed by atoms with E-state index in [0.717, 1.165) is 0 Å². The molecule has 0 spiro atoms. The van der Waals surface area contributed by atoms with Crippen molar-refractivity contribution in [2.75, 3.05) is 6.61 Å². The van der Waals surface area contributed by atoms with Crippen molar-refractivity contribution < 1.29 is 38.8 Å². The van der Waals surface area contributed by atoms with Crippen LogP contribution in [-0.2, 0) is 28.6 Å². The number of hydrogen-bond acceptors (Lipinski definition) is 8. The summed E-state index contributed by atoms with van der Waals surface area (Å²) in [5.74, 6) is -2.56. The Labute approximate surface area is 175 Å². The van der Waals surface area contributed by atoms with Crippen LogP contribution >= 0.6 is 0 Å². The standard InChI is InChI=1S/C22H28O8/c1-6-15(10-23)22(27)30-17-8-11(2)7-16(25)20(28-14(5)24)12(3)9-18-19(17)13(4)21(26)29-18/h6-7,9,16-20,23,25H,4,8,10H2,1-3,5H3/b11-7+,12-9-,15-6-/t16-,17-,18-,19-,20-/m1/s1. The number of rotatable bonds is 4. The van der Waals surface area contributed by atoms with Crippen LogP contribution in [0.15, 0.2) is 47.1 Å². The van der Waals surface area contributed by atoms with Gasteiger partial charge < -0.3 is 24.4 Å². The molecule has 5 atom stereocenters. The zero-order chi connectivity index (χ0) is 22.6. The molecule has 0 aromatic heterocycles. The summed E-state index contributed by atoms with van der Waals surface area (Å²) in [4.78, 5) is 36.2. The maximum atomic E-state index is 12.5. The molecule has 164 valence electrons. The van der Waals surface area contributed by atoms with E-state index in [0.29, 0.717) is 11.1 Å². The molecule has 1 heterocycles. The number of carbonyl (C=O) groups is 3. The Balaban J connectivity index is 2.49. The maximum Gasteiger partial charge on any atom is 0.336 e. The summed E-state index contributed by atoms with van der Waals surface area (Å²) >= 11 is 0. The molecule has 0 aromatic rings. The Hall–Kier alpha value is -2.71. The number of hydrogen-bond donors (Lipinski definition) is 2. The Bertz CT molecular complexity index is 819. The normalized spacial score (nSPS) is 33.4. The second kappa shape index (κ2) is 9.86. The first kappa shape index (κ1) is 23.6. The lowest BCUT2D eigenvalue weighted by Gasteiger charge is -2.30. The fraction of sp³-hybridized carbons (Fsp3) is 0.500. The molecule has 1 fully saturated rings. The molecule has 1 saturated heterocycles. The number of allylic oxidation sites excluding steroid dienone is 1. The van der Waals surface area contributed by atoms with Gasteiger partial charge in [-0.3, -0.25) is 4.79 Å². The average molecular weight is 420 g/mol. The Kier molecular flexibility index (Phi) is 7.75. The first-order chi connectivity index (χ1) is 14.1. The van der Waals surface area contributed by atoms with Gasteiger partial charge in [-0.2, -0.15) is 0 Å². The van der Waals surface area contributed by atoms with Crippen molar-refractivity contribution in [2.45, 2.75) is 58.5 Å². The molecule has 8 heteroatoms. The minimum Gasteiger partial charge on any atom is -0.458 e. The van der Waals surface area contributed by atoms with Gasteiger partial charge in [0.05, 0.1) is 18.1 Å². The third-order valence-electron chi connectivity index (χ3n) is 5.16. The van der Waals surface area contributed by atoms with Gasteiger partial charge in [0.1, 0.15) is 18.3 Å². The summed E-state index contributed by atoms with van der Waals surface area (Å²) in [5.41, 5.74) is 1.38. The van der Waals surface area contributed by atoms with Crippen molar-refractivity contribution in [3.05, 3.63) is 47.1 Å². The fourth-order valence-electron chi connectivity index (χ4n) is 3.64. The van der Waals surface area contributed by atoms with Gasteiger partial charge in [0, 0.05) is 18.9 Å². The molecule has 2 aliphatic rings. The minimum absolute atomic E-state index is 0.0859. The maximum absolute atomic E-state index is 12.5. The number of aliphatic hydroxyl groups is 2. The van der Waals surface area contributed by atoms with Gasteiger partial charge in [0.2, 0.25) is 0 Å². The van der Waals surface area contributed by atoms with Crippen LogP contribution in [0.5, 0.6) is 0 Å². The van der Waals surface area contributed by atoms with Crippen molar-refractivity contribution in [3.8, 4) is 0 Å². The summed E-state index contributed by atoms with van der Waals surface area (Å²) in [5, 5.41) is 19.9. The van der Waals surface area contributed by atoms with Crippen LogP contribution in [0, 0.1) is 5.92 Å². The van der Waals surface area contributed by atoms with E-state index in [-0.39, 0.29) is 17.6 Å². The molecule has 8 nitrogen and oxygen atoms in total. The van der Waals surface area contributed by atoms with Gasteiger partial charge in [0.25, 0.3) is 0 Å². The summed E-state index contributed by atoms with van der Waals surface area (Å²) in [6.07, 6.45) is 1.01. The quantitative estimate of drug-likeness (QED) is 0.304. The molecule has 1 aliphatic carbocycles. The highest BCUT2D eigenvalue weighted by Gasteiger charge is 2.45. The summed E-state index contributed by atoms with van der Waals surface area (Å²) < 4.78 is 16.3. The van der Waals surface area contributed by atoms with Crippen LogP contribution in [0.3, 0.4) is 0 Å². The highest BCUT2D eigenvalue weighted by molar-refractivity contribution is 5.92. The van der Waals surface area contributed by atoms with Gasteiger partial charge in [-0.05, 0) is 32.4 Å². The first-order valence-corrected chi connectivity index (χ1v) is 9.66. The van der Waals surface area contributed by atoms with E-state index in [1.165, 1.54) is 19.1 Å². The predicted molar refractivity (Wildman–Crippen MR) is 107 cm³/mol. The van der Waals surface area contributed by atoms with E-state index in [2.05, 4.69) is 6.58 Å². The smallest absolute Gasteiger partial charge is 0.336 e. The summed E-state index contributed by atoms with van der Waals surface area (Å²) in [6.45, 7) is 9.55. The van der Waals surface area contributed by atoms with E-state index < -0.39 is 54.8 Å². The van der Waals surface area contributed by atoms with Crippen LogP contribution in [0.4, 0.5) is 0 Å². The molecule has 2 rings (SSSR count). The molecule has 0 unspecified atom stereocenters. The summed E-state index contributed by atoms with van der Waals surface area (Å²) in [6, 6.07) is 0. The third-order valence-corrected chi connectivity index (χ3v) is 5.16. The first-order valence-electron chi connectivity index (χ1n) is 9.66. The van der Waals surface area contributed by atoms with Crippen molar-refractivity contribution in [1.29, 1.82) is 0 Å². The number of carbonyl (C=O) groups excluding carboxylic acids is 3. The molecule has 0 saturated carbocycles. The zero-order valence-electron chi connectivity index (χ0n) is 17.6. The van der Waals surface area contributed by atoms with Crippen LogP contribution in [0.25, 0.3) is 0 Å². The highest BCUT2D eigenvalue weighted by Crippen LogP contribution is 2.36. The lowest BCUT2D eigenvalue weighted by Crippen LogP contribution is -2.37. The van der Waals surface area contributed by atoms with E-state index >= 15 is 0 Å². The molecule has 0 aromatic carbocycles. The average Bonchev–Trinajstić information content (AvgIpc) is 2.92. The van der Waals surface area contributed by atoms with E-state index in [1.807, 2.05) is 0 Å². The van der Waals surface area contributed by atoms with Crippen molar-refractivity contribution in [2.24, 2.45) is 5.92 Å². The molecular weight excluding hydrogens is 392 g/mol. The lowest BCUT2D eigenvalue weighted by atomic mass is 9.84. The van der Waals surface area contributed by atoms with Crippen LogP contribution in [0.2, 0.25) is 0 Å². The molecular formula is C22H28O8. The fourth-order valence-corrected chi connectivity index (χ4v) is 3.64. The number of ether oxygens (including phenoxy) is 3. The van der Waals surface area contributed by atoms with Crippen LogP contribution < -0.4 is 0 Å². The highest BCUT2D eigenvalue weighted by atomic mass is 16.6. The van der Waals surface area contributed by atoms with Crippen LogP contribution in [-0.4, -0.2) is 59.1 Å². The third kappa shape index (κ3) is 5.25. The Morgan fingerprint density at radius 1 is 1.30 bits per heavy atom. The van der Waals surface area contributed by atoms with Crippen molar-refractivity contribution in [1.82, 2.24) is 0 Å². The Morgan fingerprint density at radius 3 is 2.53 bits per heavy atom. The van der Waals surface area contributed by atoms with Crippen LogP contribution in [0.1, 0.15) is 34.1 Å². The zero-order valence-corrected chi connectivity index (χ0v) is 17.6.